The molecule has 2 aromatic carbocycles. The third-order valence-electron chi connectivity index (χ3n) is 4.20. The Morgan fingerprint density at radius 1 is 0.931 bits per heavy atom. The van der Waals surface area contributed by atoms with E-state index in [1.54, 1.807) is 30.5 Å². The third kappa shape index (κ3) is 4.70. The minimum Gasteiger partial charge on any atom is -0.483 e. The van der Waals surface area contributed by atoms with Crippen LogP contribution >= 0.6 is 0 Å². The van der Waals surface area contributed by atoms with Crippen LogP contribution in [0, 0.1) is 0 Å². The fourth-order valence-electron chi connectivity index (χ4n) is 2.81. The Balaban J connectivity index is 1.20. The highest BCUT2D eigenvalue weighted by Crippen LogP contribution is 2.25. The number of hydrogen-bond donors (Lipinski definition) is 1. The van der Waals surface area contributed by atoms with Crippen LogP contribution in [0.5, 0.6) is 11.6 Å². The molecule has 7 heteroatoms. The Kier molecular flexibility index (Phi) is 5.66. The van der Waals surface area contributed by atoms with Crippen LogP contribution in [0.15, 0.2) is 77.4 Å². The first-order chi connectivity index (χ1) is 14.3. The molecule has 4 rings (SSSR count). The summed E-state index contributed by atoms with van der Waals surface area (Å²) in [6.07, 6.45) is 1.58. The molecule has 2 aromatic heterocycles. The van der Waals surface area contributed by atoms with Gasteiger partial charge in [0.15, 0.2) is 12.4 Å². The second-order valence-electron chi connectivity index (χ2n) is 6.20. The van der Waals surface area contributed by atoms with E-state index in [1.807, 2.05) is 42.5 Å². The molecule has 146 valence electrons. The van der Waals surface area contributed by atoms with E-state index in [2.05, 4.69) is 15.5 Å². The summed E-state index contributed by atoms with van der Waals surface area (Å²) in [6, 6.07) is 20.7. The van der Waals surface area contributed by atoms with Crippen LogP contribution in [-0.2, 0) is 4.79 Å². The molecule has 1 amide bonds. The summed E-state index contributed by atoms with van der Waals surface area (Å²) >= 11 is 0. The molecule has 0 fully saturated rings. The Bertz CT molecular complexity index is 1070. The van der Waals surface area contributed by atoms with E-state index in [0.717, 1.165) is 10.8 Å². The van der Waals surface area contributed by atoms with Crippen LogP contribution in [0.3, 0.4) is 0 Å². The van der Waals surface area contributed by atoms with Gasteiger partial charge < -0.3 is 19.2 Å². The first-order valence-corrected chi connectivity index (χ1v) is 9.17. The number of nitrogens with one attached hydrogen (secondary N) is 1. The molecule has 0 aliphatic carbocycles. The Hall–Kier alpha value is -3.87. The Morgan fingerprint density at radius 2 is 1.83 bits per heavy atom. The number of nitrogens with zero attached hydrogens (tertiary/aromatic N) is 2. The van der Waals surface area contributed by atoms with Crippen molar-refractivity contribution in [2.75, 3.05) is 19.8 Å². The second-order valence-corrected chi connectivity index (χ2v) is 6.20. The van der Waals surface area contributed by atoms with Gasteiger partial charge in [-0.15, -0.1) is 10.2 Å². The monoisotopic (exact) mass is 389 g/mol. The molecule has 0 saturated carbocycles. The molecule has 7 nitrogen and oxygen atoms in total. The minimum atomic E-state index is -0.221. The highest BCUT2D eigenvalue weighted by Gasteiger charge is 2.07. The quantitative estimate of drug-likeness (QED) is 0.465. The van der Waals surface area contributed by atoms with E-state index in [0.29, 0.717) is 29.6 Å². The number of hydrogen-bond acceptors (Lipinski definition) is 6. The molecular formula is C22H19N3O4. The van der Waals surface area contributed by atoms with Gasteiger partial charge in [-0.1, -0.05) is 36.4 Å². The molecule has 4 aromatic rings. The largest absolute Gasteiger partial charge is 0.483 e. The molecule has 0 spiro atoms. The van der Waals surface area contributed by atoms with E-state index < -0.39 is 0 Å². The van der Waals surface area contributed by atoms with Gasteiger partial charge in [-0.3, -0.25) is 4.79 Å². The molecular weight excluding hydrogens is 370 g/mol. The maximum absolute atomic E-state index is 12.0. The number of aromatic nitrogens is 2. The topological polar surface area (TPSA) is 86.5 Å². The van der Waals surface area contributed by atoms with Crippen LogP contribution in [0.4, 0.5) is 0 Å². The average molecular weight is 389 g/mol. The van der Waals surface area contributed by atoms with Crippen molar-refractivity contribution in [3.8, 4) is 23.1 Å². The highest BCUT2D eigenvalue weighted by atomic mass is 16.5. The number of fused-ring (bicyclic) bond motifs is 1. The summed E-state index contributed by atoms with van der Waals surface area (Å²) in [5.41, 5.74) is 0.626. The molecule has 0 saturated heterocycles. The number of carbonyl (C=O) groups is 1. The van der Waals surface area contributed by atoms with E-state index >= 15 is 0 Å². The SMILES string of the molecule is O=C(COc1cccc2ccccc12)NCCOc1ccc(-c2ccco2)nn1. The van der Waals surface area contributed by atoms with Crippen LogP contribution in [0.2, 0.25) is 0 Å². The zero-order chi connectivity index (χ0) is 19.9. The number of benzene rings is 2. The van der Waals surface area contributed by atoms with Crippen LogP contribution in [-0.4, -0.2) is 35.9 Å². The number of amides is 1. The zero-order valence-electron chi connectivity index (χ0n) is 15.6. The van der Waals surface area contributed by atoms with Gasteiger partial charge in [-0.25, -0.2) is 0 Å². The zero-order valence-corrected chi connectivity index (χ0v) is 15.6. The van der Waals surface area contributed by atoms with Gasteiger partial charge in [0.05, 0.1) is 12.8 Å². The van der Waals surface area contributed by atoms with Crippen molar-refractivity contribution in [1.82, 2.24) is 15.5 Å². The molecule has 0 aliphatic heterocycles. The minimum absolute atomic E-state index is 0.0638. The van der Waals surface area contributed by atoms with Crippen molar-refractivity contribution < 1.29 is 18.7 Å². The van der Waals surface area contributed by atoms with E-state index in [9.17, 15) is 4.79 Å². The predicted molar refractivity (Wildman–Crippen MR) is 108 cm³/mol. The first-order valence-electron chi connectivity index (χ1n) is 9.17. The average Bonchev–Trinajstić information content (AvgIpc) is 3.31. The van der Waals surface area contributed by atoms with Crippen molar-refractivity contribution in [2.45, 2.75) is 0 Å². The van der Waals surface area contributed by atoms with Gasteiger partial charge in [-0.05, 0) is 29.7 Å². The van der Waals surface area contributed by atoms with Crippen molar-refractivity contribution >= 4 is 16.7 Å². The summed E-state index contributed by atoms with van der Waals surface area (Å²) < 4.78 is 16.4. The van der Waals surface area contributed by atoms with Gasteiger partial charge in [0.25, 0.3) is 5.91 Å². The van der Waals surface area contributed by atoms with Crippen molar-refractivity contribution in [3.63, 3.8) is 0 Å². The third-order valence-corrected chi connectivity index (χ3v) is 4.20. The number of rotatable bonds is 8. The van der Waals surface area contributed by atoms with Gasteiger partial charge in [0, 0.05) is 11.5 Å². The van der Waals surface area contributed by atoms with Gasteiger partial charge in [0.2, 0.25) is 5.88 Å². The molecule has 1 N–H and O–H groups in total. The number of carbonyl (C=O) groups excluding carboxylic acids is 1. The smallest absolute Gasteiger partial charge is 0.258 e. The summed E-state index contributed by atoms with van der Waals surface area (Å²) in [6.45, 7) is 0.541. The predicted octanol–water partition coefficient (Wildman–Crippen LogP) is 3.46. The molecule has 0 aliphatic rings. The van der Waals surface area contributed by atoms with Crippen molar-refractivity contribution in [1.29, 1.82) is 0 Å². The lowest BCUT2D eigenvalue weighted by atomic mass is 10.1. The van der Waals surface area contributed by atoms with Crippen LogP contribution in [0.25, 0.3) is 22.2 Å². The molecule has 0 radical (unpaired) electrons. The molecule has 0 bridgehead atoms. The summed E-state index contributed by atoms with van der Waals surface area (Å²) in [5, 5.41) is 12.8. The van der Waals surface area contributed by atoms with Crippen LogP contribution in [0.1, 0.15) is 0 Å². The molecule has 29 heavy (non-hydrogen) atoms. The lowest BCUT2D eigenvalue weighted by Crippen LogP contribution is -2.32. The van der Waals surface area contributed by atoms with E-state index in [1.165, 1.54) is 0 Å². The summed E-state index contributed by atoms with van der Waals surface area (Å²) in [7, 11) is 0. The normalized spacial score (nSPS) is 10.6. The lowest BCUT2D eigenvalue weighted by molar-refractivity contribution is -0.123. The fourth-order valence-corrected chi connectivity index (χ4v) is 2.81. The highest BCUT2D eigenvalue weighted by molar-refractivity contribution is 5.88. The van der Waals surface area contributed by atoms with Gasteiger partial charge in [-0.2, -0.15) is 0 Å². The molecule has 0 unspecified atom stereocenters. The summed E-state index contributed by atoms with van der Waals surface area (Å²) in [5.74, 6) is 1.48. The van der Waals surface area contributed by atoms with E-state index in [-0.39, 0.29) is 19.1 Å². The van der Waals surface area contributed by atoms with E-state index in [4.69, 9.17) is 13.9 Å². The van der Waals surface area contributed by atoms with Crippen molar-refractivity contribution in [2.24, 2.45) is 0 Å². The Labute approximate surface area is 167 Å². The lowest BCUT2D eigenvalue weighted by Gasteiger charge is -2.10. The first kappa shape index (κ1) is 18.5. The summed E-state index contributed by atoms with van der Waals surface area (Å²) in [4.78, 5) is 12.0. The van der Waals surface area contributed by atoms with Crippen molar-refractivity contribution in [3.05, 3.63) is 73.0 Å². The maximum Gasteiger partial charge on any atom is 0.258 e. The standard InChI is InChI=1S/C22H19N3O4/c26-21(15-29-19-8-3-6-16-5-1-2-7-17(16)19)23-12-14-28-22-11-10-18(24-25-22)20-9-4-13-27-20/h1-11,13H,12,14-15H2,(H,23,26). The fraction of sp³-hybridized carbons (Fsp3) is 0.136. The van der Waals surface area contributed by atoms with Crippen LogP contribution < -0.4 is 14.8 Å². The second kappa shape index (κ2) is 8.88. The molecule has 2 heterocycles. The number of furan rings is 1. The number of ether oxygens (including phenoxy) is 2. The maximum atomic E-state index is 12.0. The van der Waals surface area contributed by atoms with Gasteiger partial charge in [0.1, 0.15) is 18.1 Å². The van der Waals surface area contributed by atoms with Gasteiger partial charge >= 0.3 is 0 Å². The molecule has 0 atom stereocenters. The Morgan fingerprint density at radius 3 is 2.66 bits per heavy atom.